The third-order valence-electron chi connectivity index (χ3n) is 3.99. The SMILES string of the molecule is O=C1CCC(c2ccc(F)cc2)c2cc(C(F)(F)F)ccc21. The van der Waals surface area contributed by atoms with E-state index in [9.17, 15) is 22.4 Å². The monoisotopic (exact) mass is 308 g/mol. The molecule has 1 unspecified atom stereocenters. The number of Topliss-reactive ketones (excluding diaryl/α,β-unsaturated/α-hetero) is 1. The molecule has 0 bridgehead atoms. The van der Waals surface area contributed by atoms with Crippen LogP contribution in [0.2, 0.25) is 0 Å². The van der Waals surface area contributed by atoms with Gasteiger partial charge in [-0.2, -0.15) is 13.2 Å². The van der Waals surface area contributed by atoms with E-state index in [2.05, 4.69) is 0 Å². The molecule has 114 valence electrons. The number of hydrogen-bond donors (Lipinski definition) is 0. The quantitative estimate of drug-likeness (QED) is 0.681. The Kier molecular flexibility index (Phi) is 3.51. The lowest BCUT2D eigenvalue weighted by Crippen LogP contribution is -2.18. The third kappa shape index (κ3) is 2.63. The summed E-state index contributed by atoms with van der Waals surface area (Å²) in [5.74, 6) is -0.877. The van der Waals surface area contributed by atoms with Crippen LogP contribution in [0.25, 0.3) is 0 Å². The van der Waals surface area contributed by atoms with Crippen LogP contribution in [0.5, 0.6) is 0 Å². The highest BCUT2D eigenvalue weighted by molar-refractivity contribution is 5.99. The Hall–Kier alpha value is -2.17. The smallest absolute Gasteiger partial charge is 0.294 e. The number of hydrogen-bond acceptors (Lipinski definition) is 1. The molecule has 0 saturated heterocycles. The Morgan fingerprint density at radius 1 is 1.00 bits per heavy atom. The Morgan fingerprint density at radius 2 is 1.68 bits per heavy atom. The van der Waals surface area contributed by atoms with Crippen molar-refractivity contribution in [2.24, 2.45) is 0 Å². The van der Waals surface area contributed by atoms with Crippen molar-refractivity contribution in [3.8, 4) is 0 Å². The summed E-state index contributed by atoms with van der Waals surface area (Å²) in [7, 11) is 0. The molecule has 0 aromatic heterocycles. The molecule has 2 aromatic carbocycles. The van der Waals surface area contributed by atoms with Gasteiger partial charge < -0.3 is 0 Å². The minimum Gasteiger partial charge on any atom is -0.294 e. The van der Waals surface area contributed by atoms with E-state index in [4.69, 9.17) is 0 Å². The fourth-order valence-corrected chi connectivity index (χ4v) is 2.89. The van der Waals surface area contributed by atoms with Gasteiger partial charge in [0.25, 0.3) is 0 Å². The number of alkyl halides is 3. The van der Waals surface area contributed by atoms with Gasteiger partial charge in [-0.25, -0.2) is 4.39 Å². The average molecular weight is 308 g/mol. The van der Waals surface area contributed by atoms with Crippen molar-refractivity contribution in [3.05, 3.63) is 70.5 Å². The average Bonchev–Trinajstić information content (AvgIpc) is 2.48. The zero-order valence-electron chi connectivity index (χ0n) is 11.5. The predicted molar refractivity (Wildman–Crippen MR) is 73.3 cm³/mol. The summed E-state index contributed by atoms with van der Waals surface area (Å²) in [5.41, 5.74) is 0.647. The molecule has 2 aromatic rings. The summed E-state index contributed by atoms with van der Waals surface area (Å²) in [6.45, 7) is 0. The highest BCUT2D eigenvalue weighted by atomic mass is 19.4. The molecule has 0 amide bonds. The minimum atomic E-state index is -4.46. The number of carbonyl (C=O) groups excluding carboxylic acids is 1. The van der Waals surface area contributed by atoms with Crippen molar-refractivity contribution in [1.82, 2.24) is 0 Å². The molecule has 0 N–H and O–H groups in total. The molecule has 22 heavy (non-hydrogen) atoms. The molecule has 3 rings (SSSR count). The maximum atomic E-state index is 13.0. The molecule has 0 heterocycles. The molecule has 0 spiro atoms. The topological polar surface area (TPSA) is 17.1 Å². The van der Waals surface area contributed by atoms with Gasteiger partial charge in [-0.05, 0) is 41.8 Å². The van der Waals surface area contributed by atoms with Crippen LogP contribution in [0.3, 0.4) is 0 Å². The van der Waals surface area contributed by atoms with E-state index in [1.165, 1.54) is 18.2 Å². The van der Waals surface area contributed by atoms with Crippen LogP contribution in [-0.2, 0) is 6.18 Å². The highest BCUT2D eigenvalue weighted by Crippen LogP contribution is 2.40. The Morgan fingerprint density at radius 3 is 2.32 bits per heavy atom. The van der Waals surface area contributed by atoms with Crippen molar-refractivity contribution < 1.29 is 22.4 Å². The third-order valence-corrected chi connectivity index (χ3v) is 3.99. The molecule has 1 atom stereocenters. The molecular formula is C17H12F4O. The van der Waals surface area contributed by atoms with Crippen LogP contribution in [0, 0.1) is 5.82 Å². The van der Waals surface area contributed by atoms with Crippen LogP contribution >= 0.6 is 0 Å². The molecule has 1 aliphatic rings. The maximum absolute atomic E-state index is 13.0. The standard InChI is InChI=1S/C17H12F4O/c18-12-4-1-10(2-5-12)13-7-8-16(22)14-6-3-11(9-15(13)14)17(19,20)21/h1-6,9,13H,7-8H2. The molecule has 1 nitrogen and oxygen atoms in total. The van der Waals surface area contributed by atoms with E-state index in [1.807, 2.05) is 0 Å². The van der Waals surface area contributed by atoms with Crippen molar-refractivity contribution in [2.45, 2.75) is 24.9 Å². The van der Waals surface area contributed by atoms with Crippen LogP contribution in [0.4, 0.5) is 17.6 Å². The minimum absolute atomic E-state index is 0.151. The number of halogens is 4. The first-order valence-electron chi connectivity index (χ1n) is 6.86. The number of carbonyl (C=O) groups is 1. The fraction of sp³-hybridized carbons (Fsp3) is 0.235. The van der Waals surface area contributed by atoms with Crippen LogP contribution in [0.1, 0.15) is 45.8 Å². The van der Waals surface area contributed by atoms with Gasteiger partial charge in [-0.3, -0.25) is 4.79 Å². The second-order valence-corrected chi connectivity index (χ2v) is 5.37. The number of benzene rings is 2. The van der Waals surface area contributed by atoms with E-state index in [-0.39, 0.29) is 18.1 Å². The van der Waals surface area contributed by atoms with E-state index < -0.39 is 17.6 Å². The normalized spacial score (nSPS) is 18.2. The largest absolute Gasteiger partial charge is 0.416 e. The predicted octanol–water partition coefficient (Wildman–Crippen LogP) is 4.95. The van der Waals surface area contributed by atoms with Crippen molar-refractivity contribution in [2.75, 3.05) is 0 Å². The molecule has 0 aliphatic heterocycles. The summed E-state index contributed by atoms with van der Waals surface area (Å²) in [6.07, 6.45) is -3.75. The zero-order valence-corrected chi connectivity index (χ0v) is 11.5. The summed E-state index contributed by atoms with van der Waals surface area (Å²) >= 11 is 0. The lowest BCUT2D eigenvalue weighted by Gasteiger charge is -2.26. The second kappa shape index (κ2) is 5.23. The van der Waals surface area contributed by atoms with Crippen LogP contribution < -0.4 is 0 Å². The lowest BCUT2D eigenvalue weighted by atomic mass is 9.77. The van der Waals surface area contributed by atoms with E-state index >= 15 is 0 Å². The summed E-state index contributed by atoms with van der Waals surface area (Å²) in [6, 6.07) is 8.89. The Labute approximate surface area is 124 Å². The second-order valence-electron chi connectivity index (χ2n) is 5.37. The summed E-state index contributed by atoms with van der Waals surface area (Å²) in [4.78, 5) is 11.9. The molecular weight excluding hydrogens is 296 g/mol. The molecule has 1 aliphatic carbocycles. The number of rotatable bonds is 1. The summed E-state index contributed by atoms with van der Waals surface area (Å²) in [5, 5.41) is 0. The van der Waals surface area contributed by atoms with Crippen LogP contribution in [0.15, 0.2) is 42.5 Å². The Bertz CT molecular complexity index is 716. The van der Waals surface area contributed by atoms with Crippen molar-refractivity contribution >= 4 is 5.78 Å². The van der Waals surface area contributed by atoms with Gasteiger partial charge >= 0.3 is 6.18 Å². The first-order chi connectivity index (χ1) is 10.4. The van der Waals surface area contributed by atoms with Crippen molar-refractivity contribution in [1.29, 1.82) is 0 Å². The van der Waals surface area contributed by atoms with E-state index in [0.717, 1.165) is 17.7 Å². The zero-order chi connectivity index (χ0) is 15.9. The number of ketones is 1. The Balaban J connectivity index is 2.11. The molecule has 0 saturated carbocycles. The maximum Gasteiger partial charge on any atom is 0.416 e. The summed E-state index contributed by atoms with van der Waals surface area (Å²) < 4.78 is 51.7. The highest BCUT2D eigenvalue weighted by Gasteiger charge is 2.34. The van der Waals surface area contributed by atoms with Gasteiger partial charge in [0.15, 0.2) is 5.78 Å². The molecule has 0 radical (unpaired) electrons. The van der Waals surface area contributed by atoms with Gasteiger partial charge in [-0.15, -0.1) is 0 Å². The van der Waals surface area contributed by atoms with Gasteiger partial charge in [0.2, 0.25) is 0 Å². The lowest BCUT2D eigenvalue weighted by molar-refractivity contribution is -0.137. The van der Waals surface area contributed by atoms with E-state index in [0.29, 0.717) is 17.5 Å². The fourth-order valence-electron chi connectivity index (χ4n) is 2.89. The molecule has 0 fully saturated rings. The van der Waals surface area contributed by atoms with Gasteiger partial charge in [0, 0.05) is 17.9 Å². The van der Waals surface area contributed by atoms with Gasteiger partial charge in [0.1, 0.15) is 5.82 Å². The van der Waals surface area contributed by atoms with E-state index in [1.54, 1.807) is 12.1 Å². The first-order valence-corrected chi connectivity index (χ1v) is 6.86. The first kappa shape index (κ1) is 14.8. The molecule has 5 heteroatoms. The van der Waals surface area contributed by atoms with Crippen LogP contribution in [-0.4, -0.2) is 5.78 Å². The van der Waals surface area contributed by atoms with Gasteiger partial charge in [-0.1, -0.05) is 18.2 Å². The van der Waals surface area contributed by atoms with Crippen molar-refractivity contribution in [3.63, 3.8) is 0 Å². The number of fused-ring (bicyclic) bond motifs is 1. The van der Waals surface area contributed by atoms with Gasteiger partial charge in [0.05, 0.1) is 5.56 Å².